The Bertz CT molecular complexity index is 321. The molecule has 15 heavy (non-hydrogen) atoms. The minimum Gasteiger partial charge on any atom is -0.382 e. The lowest BCUT2D eigenvalue weighted by Gasteiger charge is -2.40. The molecule has 0 aromatic rings. The van der Waals surface area contributed by atoms with Gasteiger partial charge in [0.2, 0.25) is 0 Å². The summed E-state index contributed by atoms with van der Waals surface area (Å²) in [6, 6.07) is 0. The van der Waals surface area contributed by atoms with Crippen molar-refractivity contribution >= 4 is 5.78 Å². The molecule has 1 fully saturated rings. The highest BCUT2D eigenvalue weighted by Gasteiger charge is 2.58. The number of carbonyl (C=O) groups is 1. The van der Waals surface area contributed by atoms with Gasteiger partial charge in [0.1, 0.15) is 5.60 Å². The van der Waals surface area contributed by atoms with E-state index >= 15 is 0 Å². The van der Waals surface area contributed by atoms with E-state index in [9.17, 15) is 15.0 Å². The van der Waals surface area contributed by atoms with Gasteiger partial charge in [-0.15, -0.1) is 0 Å². The Morgan fingerprint density at radius 2 is 1.60 bits per heavy atom. The molecule has 0 saturated heterocycles. The predicted octanol–water partition coefficient (Wildman–Crippen LogP) is 1.33. The SMILES string of the molecule is CC1=CC(=O)[C@]2(O)CCCCCC[C@@]12O. The molecule has 0 aliphatic heterocycles. The largest absolute Gasteiger partial charge is 0.382 e. The second-order valence-electron chi connectivity index (χ2n) is 4.83. The Labute approximate surface area is 89.8 Å². The molecule has 1 saturated carbocycles. The van der Waals surface area contributed by atoms with Crippen LogP contribution in [0.4, 0.5) is 0 Å². The molecule has 0 aromatic carbocycles. The molecule has 2 N–H and O–H groups in total. The van der Waals surface area contributed by atoms with Crippen LogP contribution in [0.1, 0.15) is 45.4 Å². The fourth-order valence-electron chi connectivity index (χ4n) is 2.81. The van der Waals surface area contributed by atoms with E-state index in [2.05, 4.69) is 0 Å². The van der Waals surface area contributed by atoms with E-state index < -0.39 is 11.2 Å². The lowest BCUT2D eigenvalue weighted by atomic mass is 9.73. The maximum atomic E-state index is 11.7. The fourth-order valence-corrected chi connectivity index (χ4v) is 2.81. The highest BCUT2D eigenvalue weighted by molar-refractivity contribution is 6.02. The van der Waals surface area contributed by atoms with E-state index in [1.807, 2.05) is 0 Å². The number of fused-ring (bicyclic) bond motifs is 1. The summed E-state index contributed by atoms with van der Waals surface area (Å²) in [6.07, 6.45) is 6.08. The van der Waals surface area contributed by atoms with Gasteiger partial charge in [-0.2, -0.15) is 0 Å². The van der Waals surface area contributed by atoms with Crippen LogP contribution in [0.25, 0.3) is 0 Å². The van der Waals surface area contributed by atoms with Crippen LogP contribution in [0.2, 0.25) is 0 Å². The van der Waals surface area contributed by atoms with E-state index in [-0.39, 0.29) is 5.78 Å². The Morgan fingerprint density at radius 1 is 1.07 bits per heavy atom. The van der Waals surface area contributed by atoms with E-state index in [4.69, 9.17) is 0 Å². The van der Waals surface area contributed by atoms with E-state index in [1.54, 1.807) is 6.92 Å². The predicted molar refractivity (Wildman–Crippen MR) is 56.4 cm³/mol. The van der Waals surface area contributed by atoms with Crippen molar-refractivity contribution in [3.05, 3.63) is 11.6 Å². The quantitative estimate of drug-likeness (QED) is 0.634. The number of hydrogen-bond donors (Lipinski definition) is 2. The van der Waals surface area contributed by atoms with Gasteiger partial charge in [0.25, 0.3) is 0 Å². The maximum absolute atomic E-state index is 11.7. The van der Waals surface area contributed by atoms with Crippen molar-refractivity contribution in [3.8, 4) is 0 Å². The standard InChI is InChI=1S/C12H18O3/c1-9-8-10(13)12(15)7-5-3-2-4-6-11(9,12)14/h8,14-15H,2-7H2,1H3/t11-,12-/m1/s1. The molecule has 0 amide bonds. The first-order valence-corrected chi connectivity index (χ1v) is 5.69. The normalized spacial score (nSPS) is 41.8. The smallest absolute Gasteiger partial charge is 0.190 e. The van der Waals surface area contributed by atoms with E-state index in [1.165, 1.54) is 6.08 Å². The first-order chi connectivity index (χ1) is 7.01. The Kier molecular flexibility index (Phi) is 2.47. The molecule has 0 spiro atoms. The van der Waals surface area contributed by atoms with Gasteiger partial charge in [0.05, 0.1) is 0 Å². The van der Waals surface area contributed by atoms with Crippen LogP contribution in [0.5, 0.6) is 0 Å². The summed E-state index contributed by atoms with van der Waals surface area (Å²) in [5, 5.41) is 20.8. The molecule has 2 aliphatic rings. The molecular weight excluding hydrogens is 192 g/mol. The second-order valence-corrected chi connectivity index (χ2v) is 4.83. The van der Waals surface area contributed by atoms with Crippen LogP contribution in [0.3, 0.4) is 0 Å². The Hall–Kier alpha value is -0.670. The summed E-state index contributed by atoms with van der Waals surface area (Å²) < 4.78 is 0. The number of hydrogen-bond acceptors (Lipinski definition) is 3. The Balaban J connectivity index is 2.38. The van der Waals surface area contributed by atoms with Crippen molar-refractivity contribution in [3.63, 3.8) is 0 Å². The van der Waals surface area contributed by atoms with Crippen molar-refractivity contribution in [1.82, 2.24) is 0 Å². The van der Waals surface area contributed by atoms with Crippen LogP contribution in [0, 0.1) is 0 Å². The summed E-state index contributed by atoms with van der Waals surface area (Å²) in [5.74, 6) is -0.315. The number of ketones is 1. The molecule has 3 nitrogen and oxygen atoms in total. The number of aliphatic hydroxyl groups is 2. The van der Waals surface area contributed by atoms with Gasteiger partial charge < -0.3 is 10.2 Å². The van der Waals surface area contributed by atoms with Crippen LogP contribution in [-0.2, 0) is 4.79 Å². The van der Waals surface area contributed by atoms with Crippen LogP contribution >= 0.6 is 0 Å². The number of rotatable bonds is 0. The summed E-state index contributed by atoms with van der Waals surface area (Å²) in [6.45, 7) is 1.73. The molecule has 0 unspecified atom stereocenters. The molecule has 0 heterocycles. The molecule has 0 radical (unpaired) electrons. The van der Waals surface area contributed by atoms with Crippen molar-refractivity contribution < 1.29 is 15.0 Å². The van der Waals surface area contributed by atoms with Crippen molar-refractivity contribution in [1.29, 1.82) is 0 Å². The summed E-state index contributed by atoms with van der Waals surface area (Å²) in [5.41, 5.74) is -2.22. The van der Waals surface area contributed by atoms with E-state index in [0.29, 0.717) is 18.4 Å². The van der Waals surface area contributed by atoms with Crippen LogP contribution < -0.4 is 0 Å². The average molecular weight is 210 g/mol. The lowest BCUT2D eigenvalue weighted by molar-refractivity contribution is -0.160. The average Bonchev–Trinajstić information content (AvgIpc) is 2.32. The van der Waals surface area contributed by atoms with Crippen molar-refractivity contribution in [2.24, 2.45) is 0 Å². The number of carbonyl (C=O) groups excluding carboxylic acids is 1. The van der Waals surface area contributed by atoms with Gasteiger partial charge in [0.15, 0.2) is 11.4 Å². The van der Waals surface area contributed by atoms with Gasteiger partial charge in [-0.1, -0.05) is 19.3 Å². The summed E-state index contributed by atoms with van der Waals surface area (Å²) >= 11 is 0. The second kappa shape index (κ2) is 3.42. The zero-order valence-electron chi connectivity index (χ0n) is 9.12. The third-order valence-corrected chi connectivity index (χ3v) is 3.92. The van der Waals surface area contributed by atoms with Gasteiger partial charge in [-0.05, 0) is 37.8 Å². The first-order valence-electron chi connectivity index (χ1n) is 5.69. The van der Waals surface area contributed by atoms with Crippen LogP contribution in [-0.4, -0.2) is 27.2 Å². The highest BCUT2D eigenvalue weighted by atomic mass is 16.4. The third-order valence-electron chi connectivity index (χ3n) is 3.92. The van der Waals surface area contributed by atoms with Crippen molar-refractivity contribution in [2.45, 2.75) is 56.7 Å². The Morgan fingerprint density at radius 3 is 2.20 bits per heavy atom. The monoisotopic (exact) mass is 210 g/mol. The molecule has 2 rings (SSSR count). The van der Waals surface area contributed by atoms with Gasteiger partial charge in [0, 0.05) is 0 Å². The third kappa shape index (κ3) is 1.37. The molecule has 3 heteroatoms. The molecule has 2 atom stereocenters. The topological polar surface area (TPSA) is 57.5 Å². The van der Waals surface area contributed by atoms with Gasteiger partial charge >= 0.3 is 0 Å². The minimum atomic E-state index is -1.54. The molecular formula is C12H18O3. The van der Waals surface area contributed by atoms with E-state index in [0.717, 1.165) is 25.7 Å². The molecule has 0 bridgehead atoms. The van der Waals surface area contributed by atoms with Gasteiger partial charge in [-0.25, -0.2) is 0 Å². The zero-order chi connectivity index (χ0) is 11.1. The van der Waals surface area contributed by atoms with Crippen molar-refractivity contribution in [2.75, 3.05) is 0 Å². The maximum Gasteiger partial charge on any atom is 0.190 e. The van der Waals surface area contributed by atoms with Crippen LogP contribution in [0.15, 0.2) is 11.6 Å². The highest BCUT2D eigenvalue weighted by Crippen LogP contribution is 2.44. The zero-order valence-corrected chi connectivity index (χ0v) is 9.12. The van der Waals surface area contributed by atoms with Gasteiger partial charge in [-0.3, -0.25) is 4.79 Å². The minimum absolute atomic E-state index is 0.315. The first kappa shape index (κ1) is 10.8. The lowest BCUT2D eigenvalue weighted by Crippen LogP contribution is -2.56. The molecule has 2 aliphatic carbocycles. The summed E-state index contributed by atoms with van der Waals surface area (Å²) in [7, 11) is 0. The fraction of sp³-hybridized carbons (Fsp3) is 0.750. The molecule has 84 valence electrons. The molecule has 0 aromatic heterocycles. The summed E-state index contributed by atoms with van der Waals surface area (Å²) in [4.78, 5) is 11.7.